The summed E-state index contributed by atoms with van der Waals surface area (Å²) in [6.45, 7) is 6.12. The number of hydrogen-bond acceptors (Lipinski definition) is 6. The van der Waals surface area contributed by atoms with E-state index in [2.05, 4.69) is 22.4 Å². The molecule has 21 heavy (non-hydrogen) atoms. The normalized spacial score (nSPS) is 15.0. The highest BCUT2D eigenvalue weighted by molar-refractivity contribution is 5.67. The molecule has 0 saturated carbocycles. The van der Waals surface area contributed by atoms with Gasteiger partial charge in [0.2, 0.25) is 5.89 Å². The maximum atomic E-state index is 5.77. The van der Waals surface area contributed by atoms with E-state index in [0.29, 0.717) is 30.7 Å². The first-order chi connectivity index (χ1) is 10.3. The minimum atomic E-state index is 0.0305. The molecule has 0 aliphatic carbocycles. The standard InChI is InChI=1S/C15H19N3O3/c1-3-7-16-10(2)14-17-18-15(21-14)11-5-4-6-12-13(11)20-9-8-19-12/h4-6,10,16H,3,7-9H2,1-2H3. The maximum absolute atomic E-state index is 5.77. The Hall–Kier alpha value is -2.08. The van der Waals surface area contributed by atoms with Crippen molar-refractivity contribution in [2.75, 3.05) is 19.8 Å². The number of hydrogen-bond donors (Lipinski definition) is 1. The summed E-state index contributed by atoms with van der Waals surface area (Å²) >= 11 is 0. The molecule has 1 aromatic heterocycles. The monoisotopic (exact) mass is 289 g/mol. The topological polar surface area (TPSA) is 69.4 Å². The van der Waals surface area contributed by atoms with E-state index in [9.17, 15) is 0 Å². The minimum Gasteiger partial charge on any atom is -0.486 e. The lowest BCUT2D eigenvalue weighted by Gasteiger charge is -2.19. The van der Waals surface area contributed by atoms with Gasteiger partial charge in [-0.3, -0.25) is 0 Å². The average Bonchev–Trinajstić information content (AvgIpc) is 3.02. The highest BCUT2D eigenvalue weighted by Gasteiger charge is 2.21. The molecule has 3 rings (SSSR count). The molecule has 1 N–H and O–H groups in total. The van der Waals surface area contributed by atoms with Gasteiger partial charge in [0.05, 0.1) is 11.6 Å². The summed E-state index contributed by atoms with van der Waals surface area (Å²) in [6.07, 6.45) is 1.06. The van der Waals surface area contributed by atoms with Crippen molar-refractivity contribution >= 4 is 0 Å². The van der Waals surface area contributed by atoms with Gasteiger partial charge in [0.15, 0.2) is 11.5 Å². The van der Waals surface area contributed by atoms with Gasteiger partial charge in [0, 0.05) is 0 Å². The third-order valence-corrected chi connectivity index (χ3v) is 3.31. The van der Waals surface area contributed by atoms with Gasteiger partial charge in [-0.05, 0) is 32.0 Å². The highest BCUT2D eigenvalue weighted by atomic mass is 16.6. The van der Waals surface area contributed by atoms with E-state index in [4.69, 9.17) is 13.9 Å². The van der Waals surface area contributed by atoms with E-state index in [1.165, 1.54) is 0 Å². The molecule has 1 aromatic carbocycles. The largest absolute Gasteiger partial charge is 0.486 e. The van der Waals surface area contributed by atoms with Crippen LogP contribution in [0.5, 0.6) is 11.5 Å². The Morgan fingerprint density at radius 1 is 1.24 bits per heavy atom. The predicted octanol–water partition coefficient (Wildman–Crippen LogP) is 2.57. The zero-order valence-corrected chi connectivity index (χ0v) is 12.3. The molecule has 1 aliphatic rings. The van der Waals surface area contributed by atoms with E-state index in [-0.39, 0.29) is 6.04 Å². The van der Waals surface area contributed by atoms with E-state index in [1.807, 2.05) is 25.1 Å². The van der Waals surface area contributed by atoms with E-state index in [1.54, 1.807) is 0 Å². The first kappa shape index (κ1) is 13.9. The van der Waals surface area contributed by atoms with Crippen LogP contribution < -0.4 is 14.8 Å². The van der Waals surface area contributed by atoms with Crippen LogP contribution in [-0.4, -0.2) is 30.0 Å². The van der Waals surface area contributed by atoms with Crippen molar-refractivity contribution in [1.82, 2.24) is 15.5 Å². The Morgan fingerprint density at radius 2 is 2.10 bits per heavy atom. The van der Waals surface area contributed by atoms with E-state index in [0.717, 1.165) is 24.3 Å². The minimum absolute atomic E-state index is 0.0305. The maximum Gasteiger partial charge on any atom is 0.251 e. The molecule has 0 radical (unpaired) electrons. The molecule has 1 atom stereocenters. The summed E-state index contributed by atoms with van der Waals surface area (Å²) in [5, 5.41) is 11.6. The van der Waals surface area contributed by atoms with Crippen molar-refractivity contribution in [1.29, 1.82) is 0 Å². The lowest BCUT2D eigenvalue weighted by molar-refractivity contribution is 0.172. The summed E-state index contributed by atoms with van der Waals surface area (Å²) in [5.41, 5.74) is 0.772. The molecule has 2 aromatic rings. The molecule has 1 unspecified atom stereocenters. The number of aromatic nitrogens is 2. The van der Waals surface area contributed by atoms with Crippen molar-refractivity contribution in [3.05, 3.63) is 24.1 Å². The average molecular weight is 289 g/mol. The van der Waals surface area contributed by atoms with Gasteiger partial charge in [0.1, 0.15) is 13.2 Å². The van der Waals surface area contributed by atoms with Crippen molar-refractivity contribution in [3.8, 4) is 23.0 Å². The molecule has 0 bridgehead atoms. The third kappa shape index (κ3) is 2.85. The Balaban J connectivity index is 1.86. The van der Waals surface area contributed by atoms with Crippen molar-refractivity contribution in [2.24, 2.45) is 0 Å². The van der Waals surface area contributed by atoms with Gasteiger partial charge < -0.3 is 19.2 Å². The summed E-state index contributed by atoms with van der Waals surface area (Å²) in [7, 11) is 0. The number of rotatable bonds is 5. The Bertz CT molecular complexity index is 612. The molecule has 112 valence electrons. The lowest BCUT2D eigenvalue weighted by atomic mass is 10.2. The second-order valence-corrected chi connectivity index (χ2v) is 4.95. The Morgan fingerprint density at radius 3 is 2.95 bits per heavy atom. The molecule has 0 spiro atoms. The van der Waals surface area contributed by atoms with Crippen LogP contribution in [-0.2, 0) is 0 Å². The van der Waals surface area contributed by atoms with Crippen LogP contribution in [0.2, 0.25) is 0 Å². The fraction of sp³-hybridized carbons (Fsp3) is 0.467. The number of ether oxygens (including phenoxy) is 2. The van der Waals surface area contributed by atoms with Gasteiger partial charge >= 0.3 is 0 Å². The molecule has 0 saturated heterocycles. The van der Waals surface area contributed by atoms with Gasteiger partial charge in [-0.1, -0.05) is 13.0 Å². The third-order valence-electron chi connectivity index (χ3n) is 3.31. The molecular weight excluding hydrogens is 270 g/mol. The molecule has 0 fully saturated rings. The predicted molar refractivity (Wildman–Crippen MR) is 77.4 cm³/mol. The van der Waals surface area contributed by atoms with Crippen LogP contribution in [0.3, 0.4) is 0 Å². The summed E-state index contributed by atoms with van der Waals surface area (Å²) in [6, 6.07) is 5.70. The molecule has 1 aliphatic heterocycles. The Kier molecular flexibility index (Phi) is 4.06. The van der Waals surface area contributed by atoms with Crippen molar-refractivity contribution in [2.45, 2.75) is 26.3 Å². The van der Waals surface area contributed by atoms with Gasteiger partial charge in [-0.2, -0.15) is 0 Å². The highest BCUT2D eigenvalue weighted by Crippen LogP contribution is 2.39. The fourth-order valence-corrected chi connectivity index (χ4v) is 2.21. The van der Waals surface area contributed by atoms with Crippen molar-refractivity contribution < 1.29 is 13.9 Å². The summed E-state index contributed by atoms with van der Waals surface area (Å²) in [5.74, 6) is 2.43. The van der Waals surface area contributed by atoms with Crippen LogP contribution in [0.1, 0.15) is 32.2 Å². The number of benzene rings is 1. The van der Waals surface area contributed by atoms with Gasteiger partial charge in [0.25, 0.3) is 5.89 Å². The second kappa shape index (κ2) is 6.13. The molecule has 6 nitrogen and oxygen atoms in total. The SMILES string of the molecule is CCCNC(C)c1nnc(-c2cccc3c2OCCO3)o1. The van der Waals surface area contributed by atoms with Crippen LogP contribution >= 0.6 is 0 Å². The number of fused-ring (bicyclic) bond motifs is 1. The molecule has 6 heteroatoms. The zero-order valence-electron chi connectivity index (χ0n) is 12.3. The second-order valence-electron chi connectivity index (χ2n) is 4.95. The fourth-order valence-electron chi connectivity index (χ4n) is 2.21. The van der Waals surface area contributed by atoms with Gasteiger partial charge in [-0.25, -0.2) is 0 Å². The van der Waals surface area contributed by atoms with Gasteiger partial charge in [-0.15, -0.1) is 10.2 Å². The molecular formula is C15H19N3O3. The van der Waals surface area contributed by atoms with Crippen LogP contribution in [0.4, 0.5) is 0 Å². The van der Waals surface area contributed by atoms with E-state index >= 15 is 0 Å². The lowest BCUT2D eigenvalue weighted by Crippen LogP contribution is -2.19. The molecule has 0 amide bonds. The Labute approximate surface area is 123 Å². The first-order valence-corrected chi connectivity index (χ1v) is 7.25. The quantitative estimate of drug-likeness (QED) is 0.912. The summed E-state index contributed by atoms with van der Waals surface area (Å²) < 4.78 is 17.0. The van der Waals surface area contributed by atoms with Crippen LogP contribution in [0.15, 0.2) is 22.6 Å². The molecule has 2 heterocycles. The number of nitrogens with one attached hydrogen (secondary N) is 1. The van der Waals surface area contributed by atoms with Crippen molar-refractivity contribution in [3.63, 3.8) is 0 Å². The summed E-state index contributed by atoms with van der Waals surface area (Å²) in [4.78, 5) is 0. The smallest absolute Gasteiger partial charge is 0.251 e. The van der Waals surface area contributed by atoms with E-state index < -0.39 is 0 Å². The zero-order chi connectivity index (χ0) is 14.7. The first-order valence-electron chi connectivity index (χ1n) is 7.25. The number of para-hydroxylation sites is 1. The van der Waals surface area contributed by atoms with Crippen LogP contribution in [0, 0.1) is 0 Å². The number of nitrogens with zero attached hydrogens (tertiary/aromatic N) is 2. The van der Waals surface area contributed by atoms with Crippen LogP contribution in [0.25, 0.3) is 11.5 Å².